The Kier molecular flexibility index (Phi) is 12.0. The van der Waals surface area contributed by atoms with Gasteiger partial charge in [0, 0.05) is 19.1 Å². The molecule has 24 heavy (non-hydrogen) atoms. The Bertz CT molecular complexity index is 283. The lowest BCUT2D eigenvalue weighted by atomic mass is 9.87. The zero-order valence-corrected chi connectivity index (χ0v) is 16.8. The summed E-state index contributed by atoms with van der Waals surface area (Å²) in [5.41, 5.74) is 0. The first-order chi connectivity index (χ1) is 11.7. The van der Waals surface area contributed by atoms with Gasteiger partial charge in [-0.3, -0.25) is 0 Å². The van der Waals surface area contributed by atoms with E-state index in [9.17, 15) is 0 Å². The predicted molar refractivity (Wildman–Crippen MR) is 101 cm³/mol. The molecule has 3 nitrogen and oxygen atoms in total. The van der Waals surface area contributed by atoms with Crippen molar-refractivity contribution < 1.29 is 14.2 Å². The number of ether oxygens (including phenoxy) is 3. The van der Waals surface area contributed by atoms with Gasteiger partial charge in [-0.25, -0.2) is 0 Å². The number of unbranched alkanes of at least 4 members (excludes halogenated alkanes) is 6. The molecule has 0 spiro atoms. The summed E-state index contributed by atoms with van der Waals surface area (Å²) >= 11 is 0. The van der Waals surface area contributed by atoms with E-state index < -0.39 is 5.79 Å². The molecule has 0 N–H and O–H groups in total. The normalized spacial score (nSPS) is 18.8. The molecule has 0 bridgehead atoms. The molecule has 1 heterocycles. The minimum absolute atomic E-state index is 0.414. The summed E-state index contributed by atoms with van der Waals surface area (Å²) in [7, 11) is 0. The van der Waals surface area contributed by atoms with Crippen molar-refractivity contribution in [1.82, 2.24) is 0 Å². The van der Waals surface area contributed by atoms with Crippen molar-refractivity contribution >= 4 is 0 Å². The smallest absolute Gasteiger partial charge is 0.168 e. The lowest BCUT2D eigenvalue weighted by molar-refractivity contribution is -0.254. The molecule has 0 aliphatic carbocycles. The second-order valence-corrected chi connectivity index (χ2v) is 7.38. The summed E-state index contributed by atoms with van der Waals surface area (Å²) in [5, 5.41) is 0. The molecule has 1 rings (SSSR count). The molecule has 1 unspecified atom stereocenters. The van der Waals surface area contributed by atoms with Crippen LogP contribution in [0.1, 0.15) is 98.3 Å². The number of hydrogen-bond donors (Lipinski definition) is 0. The van der Waals surface area contributed by atoms with Crippen molar-refractivity contribution in [2.45, 2.75) is 110 Å². The van der Waals surface area contributed by atoms with Gasteiger partial charge in [-0.2, -0.15) is 0 Å². The molecular formula is C21H42O3. The summed E-state index contributed by atoms with van der Waals surface area (Å²) in [6, 6.07) is 0. The molecule has 3 heteroatoms. The molecule has 1 saturated heterocycles. The van der Waals surface area contributed by atoms with Crippen LogP contribution in [0.5, 0.6) is 0 Å². The van der Waals surface area contributed by atoms with Crippen LogP contribution in [0.2, 0.25) is 0 Å². The van der Waals surface area contributed by atoms with E-state index >= 15 is 0 Å². The number of hydrogen-bond acceptors (Lipinski definition) is 3. The van der Waals surface area contributed by atoms with Crippen LogP contribution in [-0.2, 0) is 14.2 Å². The Morgan fingerprint density at radius 2 is 1.42 bits per heavy atom. The minimum Gasteiger partial charge on any atom is -0.373 e. The van der Waals surface area contributed by atoms with Gasteiger partial charge in [0.15, 0.2) is 5.79 Å². The zero-order chi connectivity index (χ0) is 17.7. The molecule has 0 aromatic rings. The summed E-state index contributed by atoms with van der Waals surface area (Å²) in [6.07, 6.45) is 14.9. The van der Waals surface area contributed by atoms with Crippen molar-refractivity contribution in [1.29, 1.82) is 0 Å². The molecule has 1 aliphatic heterocycles. The minimum atomic E-state index is -0.414. The Morgan fingerprint density at radius 3 is 1.96 bits per heavy atom. The molecule has 0 radical (unpaired) electrons. The summed E-state index contributed by atoms with van der Waals surface area (Å²) in [5.74, 6) is 0.0897. The largest absolute Gasteiger partial charge is 0.373 e. The van der Waals surface area contributed by atoms with E-state index in [1.807, 2.05) is 0 Å². The second-order valence-electron chi connectivity index (χ2n) is 7.38. The molecule has 0 aromatic carbocycles. The van der Waals surface area contributed by atoms with Crippen molar-refractivity contribution in [2.24, 2.45) is 5.92 Å². The summed E-state index contributed by atoms with van der Waals surface area (Å²) in [4.78, 5) is 0. The number of epoxide rings is 1. The van der Waals surface area contributed by atoms with Gasteiger partial charge in [-0.05, 0) is 40.0 Å². The molecular weight excluding hydrogens is 300 g/mol. The fourth-order valence-corrected chi connectivity index (χ4v) is 3.69. The average Bonchev–Trinajstić information content (AvgIpc) is 3.37. The van der Waals surface area contributed by atoms with Crippen LogP contribution in [0.3, 0.4) is 0 Å². The van der Waals surface area contributed by atoms with Crippen LogP contribution in [0.25, 0.3) is 0 Å². The fourth-order valence-electron chi connectivity index (χ4n) is 3.69. The van der Waals surface area contributed by atoms with Crippen molar-refractivity contribution in [3.63, 3.8) is 0 Å². The Balaban J connectivity index is 2.39. The highest BCUT2D eigenvalue weighted by Crippen LogP contribution is 2.33. The summed E-state index contributed by atoms with van der Waals surface area (Å²) in [6.45, 7) is 11.0. The SMILES string of the molecule is CCCCCCCC[C@H](CCCCC1CO1)C(C)(OCC)OCC. The average molecular weight is 343 g/mol. The van der Waals surface area contributed by atoms with Crippen LogP contribution in [0.4, 0.5) is 0 Å². The highest BCUT2D eigenvalue weighted by molar-refractivity contribution is 4.77. The molecule has 1 aliphatic rings. The van der Waals surface area contributed by atoms with Gasteiger partial charge >= 0.3 is 0 Å². The standard InChI is InChI=1S/C21H42O3/c1-5-8-9-10-11-12-15-19(16-13-14-17-20-18-22-20)21(4,23-6-2)24-7-3/h19-20H,5-18H2,1-4H3/t19-,20?/m1/s1. The van der Waals surface area contributed by atoms with Crippen molar-refractivity contribution in [2.75, 3.05) is 19.8 Å². The molecule has 2 atom stereocenters. The highest BCUT2D eigenvalue weighted by atomic mass is 16.7. The van der Waals surface area contributed by atoms with Crippen LogP contribution >= 0.6 is 0 Å². The monoisotopic (exact) mass is 342 g/mol. The van der Waals surface area contributed by atoms with Crippen molar-refractivity contribution in [3.05, 3.63) is 0 Å². The van der Waals surface area contributed by atoms with E-state index in [0.29, 0.717) is 12.0 Å². The first kappa shape index (κ1) is 21.9. The van der Waals surface area contributed by atoms with E-state index in [1.54, 1.807) is 0 Å². The first-order valence-electron chi connectivity index (χ1n) is 10.6. The maximum atomic E-state index is 6.07. The molecule has 0 saturated carbocycles. The topological polar surface area (TPSA) is 31.0 Å². The van der Waals surface area contributed by atoms with E-state index in [1.165, 1.54) is 70.6 Å². The highest BCUT2D eigenvalue weighted by Gasteiger charge is 2.35. The third kappa shape index (κ3) is 9.39. The van der Waals surface area contributed by atoms with E-state index in [2.05, 4.69) is 27.7 Å². The van der Waals surface area contributed by atoms with Gasteiger partial charge in [-0.15, -0.1) is 0 Å². The molecule has 0 amide bonds. The van der Waals surface area contributed by atoms with Crippen LogP contribution < -0.4 is 0 Å². The number of rotatable bonds is 17. The van der Waals surface area contributed by atoms with Gasteiger partial charge < -0.3 is 14.2 Å². The Labute approximate surface area is 150 Å². The molecule has 0 aromatic heterocycles. The first-order valence-corrected chi connectivity index (χ1v) is 10.6. The summed E-state index contributed by atoms with van der Waals surface area (Å²) < 4.78 is 17.5. The van der Waals surface area contributed by atoms with Crippen LogP contribution in [-0.4, -0.2) is 31.7 Å². The fraction of sp³-hybridized carbons (Fsp3) is 1.00. The van der Waals surface area contributed by atoms with Gasteiger partial charge in [0.25, 0.3) is 0 Å². The van der Waals surface area contributed by atoms with Crippen molar-refractivity contribution in [3.8, 4) is 0 Å². The van der Waals surface area contributed by atoms with Crippen LogP contribution in [0, 0.1) is 5.92 Å². The lowest BCUT2D eigenvalue weighted by Crippen LogP contribution is -2.41. The van der Waals surface area contributed by atoms with E-state index in [4.69, 9.17) is 14.2 Å². The van der Waals surface area contributed by atoms with Gasteiger partial charge in [0.2, 0.25) is 0 Å². The van der Waals surface area contributed by atoms with E-state index in [0.717, 1.165) is 19.8 Å². The van der Waals surface area contributed by atoms with Gasteiger partial charge in [-0.1, -0.05) is 58.3 Å². The maximum Gasteiger partial charge on any atom is 0.168 e. The quantitative estimate of drug-likeness (QED) is 0.182. The molecule has 1 fully saturated rings. The third-order valence-electron chi connectivity index (χ3n) is 5.24. The zero-order valence-electron chi connectivity index (χ0n) is 16.8. The maximum absolute atomic E-state index is 6.07. The van der Waals surface area contributed by atoms with Crippen LogP contribution in [0.15, 0.2) is 0 Å². The third-order valence-corrected chi connectivity index (χ3v) is 5.24. The predicted octanol–water partition coefficient (Wildman–Crippen LogP) is 6.10. The van der Waals surface area contributed by atoms with E-state index in [-0.39, 0.29) is 0 Å². The second kappa shape index (κ2) is 13.1. The lowest BCUT2D eigenvalue weighted by Gasteiger charge is -2.37. The van der Waals surface area contributed by atoms with Gasteiger partial charge in [0.05, 0.1) is 12.7 Å². The van der Waals surface area contributed by atoms with Gasteiger partial charge in [0.1, 0.15) is 0 Å². The Hall–Kier alpha value is -0.120. The Morgan fingerprint density at radius 1 is 0.875 bits per heavy atom. The molecule has 144 valence electrons.